The third kappa shape index (κ3) is 3.23. The quantitative estimate of drug-likeness (QED) is 0.491. The molecule has 0 aliphatic heterocycles. The monoisotopic (exact) mass is 365 g/mol. The van der Waals surface area contributed by atoms with Crippen molar-refractivity contribution in [3.63, 3.8) is 0 Å². The van der Waals surface area contributed by atoms with Gasteiger partial charge in [-0.25, -0.2) is 9.78 Å². The molecule has 7 heteroatoms. The fraction of sp³-hybridized carbons (Fsp3) is 0.250. The second-order valence-corrected chi connectivity index (χ2v) is 6.25. The summed E-state index contributed by atoms with van der Waals surface area (Å²) in [4.78, 5) is 29.3. The van der Waals surface area contributed by atoms with Gasteiger partial charge < -0.3 is 9.15 Å². The largest absolute Gasteiger partial charge is 0.454 e. The third-order valence-electron chi connectivity index (χ3n) is 4.35. The number of esters is 1. The maximum Gasteiger partial charge on any atom is 0.329 e. The number of hydrogen-bond acceptors (Lipinski definition) is 5. The normalized spacial score (nSPS) is 11.3. The molecule has 0 bridgehead atoms. The third-order valence-corrected chi connectivity index (χ3v) is 4.35. The van der Waals surface area contributed by atoms with Crippen LogP contribution in [0.5, 0.6) is 0 Å². The lowest BCUT2D eigenvalue weighted by atomic mass is 10.3. The van der Waals surface area contributed by atoms with Crippen molar-refractivity contribution in [1.29, 1.82) is 0 Å². The molecule has 0 saturated heterocycles. The van der Waals surface area contributed by atoms with Crippen molar-refractivity contribution >= 4 is 28.1 Å². The van der Waals surface area contributed by atoms with E-state index in [4.69, 9.17) is 9.15 Å². The molecule has 2 aromatic heterocycles. The van der Waals surface area contributed by atoms with Gasteiger partial charge in [-0.2, -0.15) is 0 Å². The summed E-state index contributed by atoms with van der Waals surface area (Å²) in [6.45, 7) is 2.38. The van der Waals surface area contributed by atoms with Gasteiger partial charge in [0.25, 0.3) is 0 Å². The highest BCUT2D eigenvalue weighted by atomic mass is 16.5. The van der Waals surface area contributed by atoms with Crippen molar-refractivity contribution in [3.8, 4) is 0 Å². The first-order chi connectivity index (χ1) is 13.2. The van der Waals surface area contributed by atoms with Crippen molar-refractivity contribution in [1.82, 2.24) is 14.1 Å². The summed E-state index contributed by atoms with van der Waals surface area (Å²) in [6, 6.07) is 14.8. The molecule has 0 aliphatic rings. The Morgan fingerprint density at radius 1 is 1.07 bits per heavy atom. The van der Waals surface area contributed by atoms with E-state index in [0.29, 0.717) is 23.5 Å². The average molecular weight is 365 g/mol. The van der Waals surface area contributed by atoms with Crippen molar-refractivity contribution in [2.75, 3.05) is 0 Å². The second kappa shape index (κ2) is 7.11. The minimum Gasteiger partial charge on any atom is -0.454 e. The number of aromatic nitrogens is 3. The van der Waals surface area contributed by atoms with Gasteiger partial charge in [-0.1, -0.05) is 31.2 Å². The number of oxazole rings is 1. The summed E-state index contributed by atoms with van der Waals surface area (Å²) in [5, 5.41) is 0. The molecule has 7 nitrogen and oxygen atoms in total. The van der Waals surface area contributed by atoms with Gasteiger partial charge in [-0.15, -0.1) is 0 Å². The van der Waals surface area contributed by atoms with Gasteiger partial charge in [-0.3, -0.25) is 13.9 Å². The fourth-order valence-electron chi connectivity index (χ4n) is 3.16. The standard InChI is InChI=1S/C20H19N3O4/c1-2-11-22-15-8-4-5-9-16(15)23(20(22)25)12-19(24)26-13-18-21-14-7-3-6-10-17(14)27-18/h3-10H,2,11-13H2,1H3. The van der Waals surface area contributed by atoms with E-state index in [-0.39, 0.29) is 18.8 Å². The van der Waals surface area contributed by atoms with Gasteiger partial charge in [0, 0.05) is 6.54 Å². The molecule has 0 aliphatic carbocycles. The van der Waals surface area contributed by atoms with E-state index < -0.39 is 5.97 Å². The van der Waals surface area contributed by atoms with Crippen LogP contribution < -0.4 is 5.69 Å². The number of imidazole rings is 1. The highest BCUT2D eigenvalue weighted by molar-refractivity contribution is 5.78. The Bertz CT molecular complexity index is 1140. The first-order valence-corrected chi connectivity index (χ1v) is 8.85. The Balaban J connectivity index is 1.52. The minimum absolute atomic E-state index is 0.0735. The van der Waals surface area contributed by atoms with Crippen molar-refractivity contribution < 1.29 is 13.9 Å². The molecule has 4 rings (SSSR count). The van der Waals surface area contributed by atoms with Crippen molar-refractivity contribution in [2.24, 2.45) is 0 Å². The van der Waals surface area contributed by atoms with Gasteiger partial charge in [-0.05, 0) is 30.7 Å². The Hall–Kier alpha value is -3.35. The van der Waals surface area contributed by atoms with Crippen molar-refractivity contribution in [3.05, 3.63) is 64.9 Å². The molecule has 0 amide bonds. The minimum atomic E-state index is -0.515. The Labute approximate surface area is 154 Å². The second-order valence-electron chi connectivity index (χ2n) is 6.25. The zero-order chi connectivity index (χ0) is 18.8. The van der Waals surface area contributed by atoms with Crippen LogP contribution in [0.25, 0.3) is 22.1 Å². The van der Waals surface area contributed by atoms with E-state index in [0.717, 1.165) is 17.5 Å². The number of hydrogen-bond donors (Lipinski definition) is 0. The average Bonchev–Trinajstić information content (AvgIpc) is 3.21. The molecule has 0 unspecified atom stereocenters. The van der Waals surface area contributed by atoms with E-state index in [1.807, 2.05) is 49.4 Å². The first kappa shape index (κ1) is 17.1. The van der Waals surface area contributed by atoms with Crippen LogP contribution in [0.4, 0.5) is 0 Å². The predicted molar refractivity (Wildman–Crippen MR) is 100 cm³/mol. The summed E-state index contributed by atoms with van der Waals surface area (Å²) in [7, 11) is 0. The van der Waals surface area contributed by atoms with Crippen LogP contribution in [-0.2, 0) is 29.2 Å². The van der Waals surface area contributed by atoms with Crippen LogP contribution in [0, 0.1) is 0 Å². The van der Waals surface area contributed by atoms with Gasteiger partial charge in [0.15, 0.2) is 12.2 Å². The lowest BCUT2D eigenvalue weighted by molar-refractivity contribution is -0.146. The number of nitrogens with zero attached hydrogens (tertiary/aromatic N) is 3. The molecular formula is C20H19N3O4. The van der Waals surface area contributed by atoms with Crippen LogP contribution in [-0.4, -0.2) is 20.1 Å². The molecule has 0 spiro atoms. The number of carbonyl (C=O) groups is 1. The van der Waals surface area contributed by atoms with E-state index in [1.165, 1.54) is 4.57 Å². The Kier molecular flexibility index (Phi) is 4.50. The molecule has 2 aromatic carbocycles. The lowest BCUT2D eigenvalue weighted by Gasteiger charge is -2.03. The number of benzene rings is 2. The fourth-order valence-corrected chi connectivity index (χ4v) is 3.16. The SMILES string of the molecule is CCCn1c(=O)n(CC(=O)OCc2nc3ccccc3o2)c2ccccc21. The molecule has 0 N–H and O–H groups in total. The summed E-state index contributed by atoms with van der Waals surface area (Å²) >= 11 is 0. The molecular weight excluding hydrogens is 346 g/mol. The van der Waals surface area contributed by atoms with Crippen molar-refractivity contribution in [2.45, 2.75) is 33.0 Å². The predicted octanol–water partition coefficient (Wildman–Crippen LogP) is 3.10. The highest BCUT2D eigenvalue weighted by Gasteiger charge is 2.16. The first-order valence-electron chi connectivity index (χ1n) is 8.85. The van der Waals surface area contributed by atoms with Crippen LogP contribution in [0.2, 0.25) is 0 Å². The molecule has 2 heterocycles. The zero-order valence-corrected chi connectivity index (χ0v) is 14.9. The number of rotatable bonds is 6. The summed E-state index contributed by atoms with van der Waals surface area (Å²) in [5.74, 6) is -0.191. The number of fused-ring (bicyclic) bond motifs is 2. The number of ether oxygens (including phenoxy) is 1. The maximum atomic E-state index is 12.7. The molecule has 0 fully saturated rings. The van der Waals surface area contributed by atoms with E-state index in [2.05, 4.69) is 4.98 Å². The van der Waals surface area contributed by atoms with Crippen LogP contribution >= 0.6 is 0 Å². The lowest BCUT2D eigenvalue weighted by Crippen LogP contribution is -2.27. The zero-order valence-electron chi connectivity index (χ0n) is 14.9. The van der Waals surface area contributed by atoms with Gasteiger partial charge in [0.05, 0.1) is 11.0 Å². The maximum absolute atomic E-state index is 12.7. The highest BCUT2D eigenvalue weighted by Crippen LogP contribution is 2.16. The Morgan fingerprint density at radius 2 is 1.78 bits per heavy atom. The summed E-state index contributed by atoms with van der Waals surface area (Å²) in [6.07, 6.45) is 0.829. The van der Waals surface area contributed by atoms with Gasteiger partial charge >= 0.3 is 11.7 Å². The molecule has 138 valence electrons. The molecule has 27 heavy (non-hydrogen) atoms. The number of aryl methyl sites for hydroxylation is 1. The molecule has 0 atom stereocenters. The van der Waals surface area contributed by atoms with E-state index in [9.17, 15) is 9.59 Å². The molecule has 0 radical (unpaired) electrons. The number of para-hydroxylation sites is 4. The van der Waals surface area contributed by atoms with Crippen LogP contribution in [0.1, 0.15) is 19.2 Å². The van der Waals surface area contributed by atoms with E-state index >= 15 is 0 Å². The molecule has 4 aromatic rings. The molecule has 0 saturated carbocycles. The van der Waals surface area contributed by atoms with Crippen LogP contribution in [0.15, 0.2) is 57.7 Å². The van der Waals surface area contributed by atoms with Gasteiger partial charge in [0.2, 0.25) is 5.89 Å². The van der Waals surface area contributed by atoms with Gasteiger partial charge in [0.1, 0.15) is 12.1 Å². The van der Waals surface area contributed by atoms with E-state index in [1.54, 1.807) is 10.6 Å². The number of carbonyl (C=O) groups excluding carboxylic acids is 1. The Morgan fingerprint density at radius 3 is 2.52 bits per heavy atom. The smallest absolute Gasteiger partial charge is 0.329 e. The topological polar surface area (TPSA) is 79.3 Å². The summed E-state index contributed by atoms with van der Waals surface area (Å²) in [5.41, 5.74) is 2.67. The van der Waals surface area contributed by atoms with Crippen LogP contribution in [0.3, 0.4) is 0 Å². The summed E-state index contributed by atoms with van der Waals surface area (Å²) < 4.78 is 13.9.